The molecule has 3 nitrogen and oxygen atoms in total. The highest BCUT2D eigenvalue weighted by atomic mass is 16.5. The van der Waals surface area contributed by atoms with Crippen molar-refractivity contribution in [3.63, 3.8) is 0 Å². The second-order valence-electron chi connectivity index (χ2n) is 2.85. The summed E-state index contributed by atoms with van der Waals surface area (Å²) in [6.07, 6.45) is 0.392. The molecule has 0 N–H and O–H groups in total. The van der Waals surface area contributed by atoms with Crippen LogP contribution in [0.2, 0.25) is 0 Å². The van der Waals surface area contributed by atoms with Crippen LogP contribution in [0.3, 0.4) is 0 Å². The lowest BCUT2D eigenvalue weighted by Crippen LogP contribution is -2.21. The molecule has 66 valence electrons. The van der Waals surface area contributed by atoms with Gasteiger partial charge in [0, 0.05) is 6.42 Å². The van der Waals surface area contributed by atoms with Crippen molar-refractivity contribution in [2.75, 3.05) is 7.11 Å². The Kier molecular flexibility index (Phi) is 1.85. The zero-order chi connectivity index (χ0) is 9.26. The van der Waals surface area contributed by atoms with Crippen LogP contribution in [0.5, 0.6) is 0 Å². The first-order valence-corrected chi connectivity index (χ1v) is 4.05. The number of ether oxygens (including phenoxy) is 1. The first-order valence-electron chi connectivity index (χ1n) is 4.05. The molecule has 0 saturated heterocycles. The van der Waals surface area contributed by atoms with Crippen molar-refractivity contribution in [1.82, 2.24) is 0 Å². The molecule has 13 heavy (non-hydrogen) atoms. The number of carbonyl (C=O) groups excluding carboxylic acids is 1. The molecule has 0 spiro atoms. The lowest BCUT2D eigenvalue weighted by atomic mass is 10.0. The zero-order valence-corrected chi connectivity index (χ0v) is 7.28. The molecule has 0 aliphatic carbocycles. The molecule has 0 radical (unpaired) electrons. The summed E-state index contributed by atoms with van der Waals surface area (Å²) in [5, 5.41) is 0. The topological polar surface area (TPSA) is 38.7 Å². The van der Waals surface area contributed by atoms with E-state index in [1.807, 2.05) is 24.3 Å². The van der Waals surface area contributed by atoms with E-state index in [1.165, 1.54) is 7.11 Å². The molecule has 0 saturated carbocycles. The number of ketones is 1. The third-order valence-electron chi connectivity index (χ3n) is 2.00. The smallest absolute Gasteiger partial charge is 0.258 e. The number of hydrogen-bond donors (Lipinski definition) is 0. The van der Waals surface area contributed by atoms with Crippen molar-refractivity contribution in [1.29, 1.82) is 0 Å². The van der Waals surface area contributed by atoms with E-state index in [-0.39, 0.29) is 11.7 Å². The highest BCUT2D eigenvalue weighted by Gasteiger charge is 2.19. The van der Waals surface area contributed by atoms with Crippen LogP contribution in [0.15, 0.2) is 29.3 Å². The van der Waals surface area contributed by atoms with Gasteiger partial charge in [-0.3, -0.25) is 4.79 Å². The molecular weight excluding hydrogens is 166 g/mol. The normalized spacial score (nSPS) is 14.8. The Hall–Kier alpha value is -1.64. The summed E-state index contributed by atoms with van der Waals surface area (Å²) in [6.45, 7) is 0. The van der Waals surface area contributed by atoms with Crippen molar-refractivity contribution >= 4 is 17.4 Å². The van der Waals surface area contributed by atoms with Crippen LogP contribution >= 0.6 is 0 Å². The van der Waals surface area contributed by atoms with Gasteiger partial charge in [0.15, 0.2) is 0 Å². The minimum atomic E-state index is -0.0544. The standard InChI is InChI=1S/C10H9NO2/c1-13-10-9(12)6-7-4-2-3-5-8(7)11-10/h2-5H,6H2,1H3. The molecule has 1 heterocycles. The number of methoxy groups -OCH3 is 1. The number of fused-ring (bicyclic) bond motifs is 1. The van der Waals surface area contributed by atoms with Crippen LogP contribution in [0.1, 0.15) is 5.56 Å². The van der Waals surface area contributed by atoms with E-state index in [4.69, 9.17) is 4.74 Å². The van der Waals surface area contributed by atoms with Gasteiger partial charge in [0.1, 0.15) is 0 Å². The van der Waals surface area contributed by atoms with E-state index < -0.39 is 0 Å². The average molecular weight is 175 g/mol. The Balaban J connectivity index is 2.50. The first-order chi connectivity index (χ1) is 6.31. The fourth-order valence-corrected chi connectivity index (χ4v) is 1.35. The summed E-state index contributed by atoms with van der Waals surface area (Å²) >= 11 is 0. The molecule has 2 rings (SSSR count). The van der Waals surface area contributed by atoms with Gasteiger partial charge in [0.25, 0.3) is 5.90 Å². The number of para-hydroxylation sites is 1. The van der Waals surface area contributed by atoms with Gasteiger partial charge in [0.2, 0.25) is 5.78 Å². The Bertz CT molecular complexity index is 382. The molecule has 1 aromatic carbocycles. The van der Waals surface area contributed by atoms with Crippen molar-refractivity contribution < 1.29 is 9.53 Å². The van der Waals surface area contributed by atoms with Crippen LogP contribution in [-0.4, -0.2) is 18.8 Å². The van der Waals surface area contributed by atoms with Crippen LogP contribution in [0.4, 0.5) is 5.69 Å². The Morgan fingerprint density at radius 1 is 1.38 bits per heavy atom. The Morgan fingerprint density at radius 3 is 2.92 bits per heavy atom. The summed E-state index contributed by atoms with van der Waals surface area (Å²) < 4.78 is 4.86. The average Bonchev–Trinajstić information content (AvgIpc) is 2.17. The van der Waals surface area contributed by atoms with Gasteiger partial charge in [0.05, 0.1) is 12.8 Å². The third-order valence-corrected chi connectivity index (χ3v) is 2.00. The SMILES string of the molecule is COC1=Nc2ccccc2CC1=O. The minimum Gasteiger partial charge on any atom is -0.478 e. The second kappa shape index (κ2) is 3.01. The lowest BCUT2D eigenvalue weighted by molar-refractivity contribution is -0.113. The summed E-state index contributed by atoms with van der Waals surface area (Å²) in [5.41, 5.74) is 1.80. The van der Waals surface area contributed by atoms with Gasteiger partial charge >= 0.3 is 0 Å². The highest BCUT2D eigenvalue weighted by Crippen LogP contribution is 2.23. The quantitative estimate of drug-likeness (QED) is 0.599. The van der Waals surface area contributed by atoms with E-state index in [0.717, 1.165) is 11.3 Å². The van der Waals surface area contributed by atoms with Crippen LogP contribution in [0, 0.1) is 0 Å². The van der Waals surface area contributed by atoms with Gasteiger partial charge in [-0.2, -0.15) is 0 Å². The number of hydrogen-bond acceptors (Lipinski definition) is 3. The predicted molar refractivity (Wildman–Crippen MR) is 49.3 cm³/mol. The third kappa shape index (κ3) is 1.33. The van der Waals surface area contributed by atoms with Gasteiger partial charge in [-0.25, -0.2) is 4.99 Å². The second-order valence-corrected chi connectivity index (χ2v) is 2.85. The first kappa shape index (κ1) is 7.98. The summed E-state index contributed by atoms with van der Waals surface area (Å²) in [5.74, 6) is 0.153. The highest BCUT2D eigenvalue weighted by molar-refractivity contribution is 6.38. The van der Waals surface area contributed by atoms with Gasteiger partial charge < -0.3 is 4.74 Å². The predicted octanol–water partition coefficient (Wildman–Crippen LogP) is 1.49. The molecule has 1 aliphatic heterocycles. The van der Waals surface area contributed by atoms with E-state index >= 15 is 0 Å². The summed E-state index contributed by atoms with van der Waals surface area (Å²) in [4.78, 5) is 15.4. The van der Waals surface area contributed by atoms with Gasteiger partial charge in [-0.15, -0.1) is 0 Å². The molecule has 0 bridgehead atoms. The van der Waals surface area contributed by atoms with Crippen molar-refractivity contribution in [2.45, 2.75) is 6.42 Å². The number of benzene rings is 1. The van der Waals surface area contributed by atoms with Crippen LogP contribution in [0.25, 0.3) is 0 Å². The maximum Gasteiger partial charge on any atom is 0.258 e. The van der Waals surface area contributed by atoms with Gasteiger partial charge in [-0.1, -0.05) is 18.2 Å². The van der Waals surface area contributed by atoms with E-state index in [2.05, 4.69) is 4.99 Å². The zero-order valence-electron chi connectivity index (χ0n) is 7.28. The largest absolute Gasteiger partial charge is 0.478 e. The van der Waals surface area contributed by atoms with Crippen molar-refractivity contribution in [2.24, 2.45) is 4.99 Å². The number of aliphatic imine (C=N–C) groups is 1. The van der Waals surface area contributed by atoms with E-state index in [9.17, 15) is 4.79 Å². The van der Waals surface area contributed by atoms with E-state index in [0.29, 0.717) is 6.42 Å². The van der Waals surface area contributed by atoms with Crippen molar-refractivity contribution in [3.8, 4) is 0 Å². The molecule has 0 unspecified atom stereocenters. The molecule has 0 fully saturated rings. The Morgan fingerprint density at radius 2 is 2.15 bits per heavy atom. The maximum absolute atomic E-state index is 11.3. The Labute approximate surface area is 76.1 Å². The maximum atomic E-state index is 11.3. The van der Waals surface area contributed by atoms with Crippen LogP contribution in [-0.2, 0) is 16.0 Å². The molecular formula is C10H9NO2. The molecule has 0 aromatic heterocycles. The van der Waals surface area contributed by atoms with Crippen molar-refractivity contribution in [3.05, 3.63) is 29.8 Å². The number of carbonyl (C=O) groups is 1. The van der Waals surface area contributed by atoms with Gasteiger partial charge in [-0.05, 0) is 11.6 Å². The number of nitrogens with zero attached hydrogens (tertiary/aromatic N) is 1. The molecule has 3 heteroatoms. The minimum absolute atomic E-state index is 0.0544. The molecule has 0 atom stereocenters. The van der Waals surface area contributed by atoms with E-state index in [1.54, 1.807) is 0 Å². The lowest BCUT2D eigenvalue weighted by Gasteiger charge is -2.12. The van der Waals surface area contributed by atoms with Crippen LogP contribution < -0.4 is 0 Å². The number of rotatable bonds is 0. The monoisotopic (exact) mass is 175 g/mol. The summed E-state index contributed by atoms with van der Waals surface area (Å²) in [7, 11) is 1.46. The molecule has 1 aromatic rings. The fraction of sp³-hybridized carbons (Fsp3) is 0.200. The molecule has 1 aliphatic rings. The summed E-state index contributed by atoms with van der Waals surface area (Å²) in [6, 6.07) is 7.58. The fourth-order valence-electron chi connectivity index (χ4n) is 1.35. The number of Topliss-reactive ketones (excluding diaryl/α,β-unsaturated/α-hetero) is 1. The molecule has 0 amide bonds.